The van der Waals surface area contributed by atoms with Crippen molar-refractivity contribution >= 4 is 11.8 Å². The van der Waals surface area contributed by atoms with Gasteiger partial charge in [0.25, 0.3) is 5.91 Å². The van der Waals surface area contributed by atoms with E-state index in [1.54, 1.807) is 6.20 Å². The SMILES string of the molecule is O=C(c1ccc2c(c1)CCO2)N1CC2CCC(C1)N(Cc1ccccn1)C2=O. The van der Waals surface area contributed by atoms with Crippen molar-refractivity contribution in [3.63, 3.8) is 0 Å². The standard InChI is InChI=1S/C22H23N3O3/c26-21(16-5-7-20-15(11-16)8-10-28-20)24-12-17-4-6-19(14-24)25(22(17)27)13-18-3-1-2-9-23-18/h1-3,5,7,9,11,17,19H,4,6,8,10,12-14H2. The van der Waals surface area contributed by atoms with Crippen LogP contribution in [-0.2, 0) is 17.8 Å². The van der Waals surface area contributed by atoms with Gasteiger partial charge in [-0.25, -0.2) is 0 Å². The molecule has 5 heterocycles. The molecule has 2 unspecified atom stereocenters. The van der Waals surface area contributed by atoms with Crippen molar-refractivity contribution in [1.29, 1.82) is 0 Å². The maximum atomic E-state index is 13.2. The van der Waals surface area contributed by atoms with Crippen molar-refractivity contribution in [2.75, 3.05) is 19.7 Å². The van der Waals surface area contributed by atoms with Gasteiger partial charge in [0.05, 0.1) is 24.8 Å². The molecule has 1 aromatic heterocycles. The second kappa shape index (κ2) is 6.93. The first-order valence-electron chi connectivity index (χ1n) is 9.94. The van der Waals surface area contributed by atoms with E-state index in [2.05, 4.69) is 4.98 Å². The third kappa shape index (κ3) is 3.03. The van der Waals surface area contributed by atoms with E-state index in [1.807, 2.05) is 46.2 Å². The molecule has 28 heavy (non-hydrogen) atoms. The Bertz CT molecular complexity index is 914. The zero-order valence-corrected chi connectivity index (χ0v) is 15.7. The number of nitrogens with zero attached hydrogens (tertiary/aromatic N) is 3. The summed E-state index contributed by atoms with van der Waals surface area (Å²) in [5, 5.41) is 0. The van der Waals surface area contributed by atoms with Crippen LogP contribution in [0.2, 0.25) is 0 Å². The molecular weight excluding hydrogens is 354 g/mol. The maximum absolute atomic E-state index is 13.2. The smallest absolute Gasteiger partial charge is 0.253 e. The summed E-state index contributed by atoms with van der Waals surface area (Å²) in [6.45, 7) is 2.28. The van der Waals surface area contributed by atoms with Crippen LogP contribution in [0.1, 0.15) is 34.5 Å². The minimum absolute atomic E-state index is 0.0130. The average Bonchev–Trinajstić information content (AvgIpc) is 3.03. The van der Waals surface area contributed by atoms with Gasteiger partial charge >= 0.3 is 0 Å². The molecule has 6 nitrogen and oxygen atoms in total. The topological polar surface area (TPSA) is 62.7 Å². The Morgan fingerprint density at radius 3 is 2.96 bits per heavy atom. The van der Waals surface area contributed by atoms with Gasteiger partial charge in [0.2, 0.25) is 5.91 Å². The fourth-order valence-corrected chi connectivity index (χ4v) is 4.58. The Morgan fingerprint density at radius 1 is 1.18 bits per heavy atom. The van der Waals surface area contributed by atoms with Crippen molar-refractivity contribution in [2.24, 2.45) is 5.92 Å². The molecule has 144 valence electrons. The first kappa shape index (κ1) is 17.2. The summed E-state index contributed by atoms with van der Waals surface area (Å²) in [5.74, 6) is 0.923. The summed E-state index contributed by atoms with van der Waals surface area (Å²) in [6.07, 6.45) is 4.39. The number of carbonyl (C=O) groups excluding carboxylic acids is 2. The predicted octanol–water partition coefficient (Wildman–Crippen LogP) is 2.28. The molecule has 4 aliphatic rings. The molecule has 4 aliphatic heterocycles. The van der Waals surface area contributed by atoms with Gasteiger partial charge in [-0.3, -0.25) is 14.6 Å². The number of amides is 2. The quantitative estimate of drug-likeness (QED) is 0.823. The van der Waals surface area contributed by atoms with Crippen LogP contribution >= 0.6 is 0 Å². The number of benzene rings is 1. The molecule has 2 aromatic rings. The number of fused-ring (bicyclic) bond motifs is 5. The summed E-state index contributed by atoms with van der Waals surface area (Å²) in [7, 11) is 0. The van der Waals surface area contributed by atoms with Crippen LogP contribution in [0.5, 0.6) is 5.75 Å². The molecule has 2 amide bonds. The van der Waals surface area contributed by atoms with Crippen molar-refractivity contribution in [3.8, 4) is 5.75 Å². The number of pyridine rings is 1. The first-order valence-corrected chi connectivity index (χ1v) is 9.94. The van der Waals surface area contributed by atoms with Gasteiger partial charge in [0.1, 0.15) is 5.75 Å². The Labute approximate surface area is 164 Å². The normalized spacial score (nSPS) is 23.4. The molecule has 2 atom stereocenters. The molecule has 0 saturated carbocycles. The van der Waals surface area contributed by atoms with E-state index in [0.29, 0.717) is 31.8 Å². The van der Waals surface area contributed by atoms with Crippen molar-refractivity contribution in [2.45, 2.75) is 31.8 Å². The fourth-order valence-electron chi connectivity index (χ4n) is 4.58. The number of hydrogen-bond donors (Lipinski definition) is 0. The highest BCUT2D eigenvalue weighted by Gasteiger charge is 2.42. The minimum Gasteiger partial charge on any atom is -0.493 e. The number of piperidine rings is 1. The van der Waals surface area contributed by atoms with Gasteiger partial charge in [-0.05, 0) is 48.7 Å². The van der Waals surface area contributed by atoms with Gasteiger partial charge in [-0.1, -0.05) is 6.07 Å². The van der Waals surface area contributed by atoms with E-state index in [4.69, 9.17) is 4.74 Å². The molecule has 6 rings (SSSR count). The Kier molecular flexibility index (Phi) is 4.26. The van der Waals surface area contributed by atoms with Gasteiger partial charge in [0, 0.05) is 37.3 Å². The maximum Gasteiger partial charge on any atom is 0.253 e. The number of aromatic nitrogens is 1. The lowest BCUT2D eigenvalue weighted by atomic mass is 9.94. The highest BCUT2D eigenvalue weighted by molar-refractivity contribution is 5.95. The van der Waals surface area contributed by atoms with Crippen LogP contribution in [0.4, 0.5) is 0 Å². The van der Waals surface area contributed by atoms with Gasteiger partial charge < -0.3 is 14.5 Å². The van der Waals surface area contributed by atoms with Crippen molar-refractivity contribution in [3.05, 3.63) is 59.4 Å². The number of ether oxygens (including phenoxy) is 1. The Balaban J connectivity index is 1.37. The second-order valence-electron chi connectivity index (χ2n) is 7.85. The third-order valence-corrected chi connectivity index (χ3v) is 6.08. The van der Waals surface area contributed by atoms with Crippen LogP contribution < -0.4 is 4.74 Å². The minimum atomic E-state index is -0.121. The highest BCUT2D eigenvalue weighted by atomic mass is 16.5. The molecule has 3 fully saturated rings. The molecule has 0 N–H and O–H groups in total. The zero-order valence-electron chi connectivity index (χ0n) is 15.7. The van der Waals surface area contributed by atoms with E-state index in [9.17, 15) is 9.59 Å². The predicted molar refractivity (Wildman–Crippen MR) is 103 cm³/mol. The van der Waals surface area contributed by atoms with E-state index < -0.39 is 0 Å². The molecular formula is C22H23N3O3. The number of hydrogen-bond acceptors (Lipinski definition) is 4. The second-order valence-corrected chi connectivity index (χ2v) is 7.85. The van der Waals surface area contributed by atoms with E-state index in [0.717, 1.165) is 36.3 Å². The summed E-state index contributed by atoms with van der Waals surface area (Å²) < 4.78 is 5.55. The van der Waals surface area contributed by atoms with Gasteiger partial charge in [-0.15, -0.1) is 0 Å². The molecule has 3 saturated heterocycles. The van der Waals surface area contributed by atoms with Crippen molar-refractivity contribution in [1.82, 2.24) is 14.8 Å². The van der Waals surface area contributed by atoms with Crippen LogP contribution in [0, 0.1) is 5.92 Å². The molecule has 1 aromatic carbocycles. The van der Waals surface area contributed by atoms with Gasteiger partial charge in [-0.2, -0.15) is 0 Å². The van der Waals surface area contributed by atoms with Crippen molar-refractivity contribution < 1.29 is 14.3 Å². The summed E-state index contributed by atoms with van der Waals surface area (Å²) >= 11 is 0. The Hall–Kier alpha value is -2.89. The third-order valence-electron chi connectivity index (χ3n) is 6.08. The van der Waals surface area contributed by atoms with E-state index in [1.165, 1.54) is 0 Å². The molecule has 0 spiro atoms. The van der Waals surface area contributed by atoms with Crippen LogP contribution in [0.3, 0.4) is 0 Å². The van der Waals surface area contributed by atoms with Crippen LogP contribution in [-0.4, -0.2) is 52.3 Å². The average molecular weight is 377 g/mol. The molecule has 0 aliphatic carbocycles. The van der Waals surface area contributed by atoms with E-state index in [-0.39, 0.29) is 23.8 Å². The number of carbonyl (C=O) groups is 2. The summed E-state index contributed by atoms with van der Waals surface area (Å²) in [6, 6.07) is 11.5. The first-order chi connectivity index (χ1) is 13.7. The lowest BCUT2D eigenvalue weighted by molar-refractivity contribution is -0.140. The highest BCUT2D eigenvalue weighted by Crippen LogP contribution is 2.32. The van der Waals surface area contributed by atoms with Crippen LogP contribution in [0.15, 0.2) is 42.6 Å². The molecule has 2 bridgehead atoms. The summed E-state index contributed by atoms with van der Waals surface area (Å²) in [4.78, 5) is 34.4. The number of rotatable bonds is 3. The largest absolute Gasteiger partial charge is 0.493 e. The molecule has 6 heteroatoms. The van der Waals surface area contributed by atoms with Gasteiger partial charge in [0.15, 0.2) is 0 Å². The van der Waals surface area contributed by atoms with Crippen LogP contribution in [0.25, 0.3) is 0 Å². The monoisotopic (exact) mass is 377 g/mol. The Morgan fingerprint density at radius 2 is 2.11 bits per heavy atom. The zero-order chi connectivity index (χ0) is 19.1. The molecule has 0 radical (unpaired) electrons. The lowest BCUT2D eigenvalue weighted by Crippen LogP contribution is -2.47. The van der Waals surface area contributed by atoms with E-state index >= 15 is 0 Å². The fraction of sp³-hybridized carbons (Fsp3) is 0.409. The summed E-state index contributed by atoms with van der Waals surface area (Å²) in [5.41, 5.74) is 2.67. The lowest BCUT2D eigenvalue weighted by Gasteiger charge is -2.35.